The van der Waals surface area contributed by atoms with Crippen LogP contribution >= 0.6 is 15.9 Å². The molecule has 0 bridgehead atoms. The first-order valence-corrected chi connectivity index (χ1v) is 7.00. The molecule has 0 radical (unpaired) electrons. The van der Waals surface area contributed by atoms with Crippen LogP contribution in [0.1, 0.15) is 26.2 Å². The fraction of sp³-hybridized carbons (Fsp3) is 0.750. The van der Waals surface area contributed by atoms with Crippen LogP contribution in [0, 0.1) is 0 Å². The van der Waals surface area contributed by atoms with Crippen molar-refractivity contribution in [2.75, 3.05) is 19.7 Å². The lowest BCUT2D eigenvalue weighted by Crippen LogP contribution is -2.43. The molecule has 2 rings (SSSR count). The number of hydrogen-bond acceptors (Lipinski definition) is 3. The molecule has 17 heavy (non-hydrogen) atoms. The molecule has 1 aliphatic heterocycles. The molecule has 5 heteroatoms. The Morgan fingerprint density at radius 1 is 1.59 bits per heavy atom. The van der Waals surface area contributed by atoms with Crippen molar-refractivity contribution >= 4 is 15.9 Å². The fourth-order valence-corrected chi connectivity index (χ4v) is 2.47. The molecule has 0 amide bonds. The standard InChI is InChI=1S/C12H20BrN3O/c1-12(4-2-3-7-17-12)10-14-5-6-16-9-11(13)8-15-16/h8-9,14H,2-7,10H2,1H3. The quantitative estimate of drug-likeness (QED) is 0.848. The summed E-state index contributed by atoms with van der Waals surface area (Å²) in [6.45, 7) is 5.85. The topological polar surface area (TPSA) is 39.1 Å². The molecule has 0 saturated carbocycles. The zero-order valence-corrected chi connectivity index (χ0v) is 11.9. The van der Waals surface area contributed by atoms with Gasteiger partial charge in [0.2, 0.25) is 0 Å². The summed E-state index contributed by atoms with van der Waals surface area (Å²) in [5, 5.41) is 7.67. The molecule has 0 aliphatic carbocycles. The van der Waals surface area contributed by atoms with Gasteiger partial charge in [0, 0.05) is 25.9 Å². The summed E-state index contributed by atoms with van der Waals surface area (Å²) in [6.07, 6.45) is 7.45. The Labute approximate surface area is 111 Å². The van der Waals surface area contributed by atoms with E-state index in [0.29, 0.717) is 0 Å². The molecule has 4 nitrogen and oxygen atoms in total. The molecule has 1 fully saturated rings. The van der Waals surface area contributed by atoms with Crippen molar-refractivity contribution in [2.24, 2.45) is 0 Å². The summed E-state index contributed by atoms with van der Waals surface area (Å²) >= 11 is 3.39. The highest BCUT2D eigenvalue weighted by molar-refractivity contribution is 9.10. The molecule has 2 heterocycles. The van der Waals surface area contributed by atoms with Gasteiger partial charge in [-0.1, -0.05) is 0 Å². The molecule has 1 aliphatic rings. The van der Waals surface area contributed by atoms with E-state index in [9.17, 15) is 0 Å². The van der Waals surface area contributed by atoms with E-state index in [1.165, 1.54) is 12.8 Å². The summed E-state index contributed by atoms with van der Waals surface area (Å²) in [7, 11) is 0. The molecular weight excluding hydrogens is 282 g/mol. The third kappa shape index (κ3) is 4.08. The van der Waals surface area contributed by atoms with Gasteiger partial charge in [-0.05, 0) is 42.1 Å². The van der Waals surface area contributed by atoms with Crippen LogP contribution in [0.2, 0.25) is 0 Å². The summed E-state index contributed by atoms with van der Waals surface area (Å²) in [5.41, 5.74) is 0.0307. The lowest BCUT2D eigenvalue weighted by molar-refractivity contribution is -0.0630. The molecule has 0 spiro atoms. The number of nitrogens with zero attached hydrogens (tertiary/aromatic N) is 2. The number of aromatic nitrogens is 2. The van der Waals surface area contributed by atoms with Crippen molar-refractivity contribution in [3.8, 4) is 0 Å². The van der Waals surface area contributed by atoms with Crippen LogP contribution in [0.3, 0.4) is 0 Å². The summed E-state index contributed by atoms with van der Waals surface area (Å²) in [4.78, 5) is 0. The number of halogens is 1. The molecule has 1 atom stereocenters. The predicted molar refractivity (Wildman–Crippen MR) is 71.0 cm³/mol. The normalized spacial score (nSPS) is 25.1. The number of rotatable bonds is 5. The average Bonchev–Trinajstić information content (AvgIpc) is 2.72. The first kappa shape index (κ1) is 13.1. The van der Waals surface area contributed by atoms with Gasteiger partial charge in [-0.25, -0.2) is 0 Å². The molecule has 1 saturated heterocycles. The third-order valence-electron chi connectivity index (χ3n) is 3.17. The minimum absolute atomic E-state index is 0.0307. The molecule has 1 N–H and O–H groups in total. The van der Waals surface area contributed by atoms with Gasteiger partial charge < -0.3 is 10.1 Å². The van der Waals surface area contributed by atoms with Crippen molar-refractivity contribution < 1.29 is 4.74 Å². The van der Waals surface area contributed by atoms with Crippen molar-refractivity contribution in [3.05, 3.63) is 16.9 Å². The van der Waals surface area contributed by atoms with Gasteiger partial charge in [-0.2, -0.15) is 5.10 Å². The van der Waals surface area contributed by atoms with Crippen molar-refractivity contribution in [1.29, 1.82) is 0 Å². The first-order valence-electron chi connectivity index (χ1n) is 6.21. The van der Waals surface area contributed by atoms with E-state index in [1.54, 1.807) is 0 Å². The van der Waals surface area contributed by atoms with Crippen LogP contribution in [0.4, 0.5) is 0 Å². The summed E-state index contributed by atoms with van der Waals surface area (Å²) in [6, 6.07) is 0. The van der Waals surface area contributed by atoms with Crippen molar-refractivity contribution in [1.82, 2.24) is 15.1 Å². The SMILES string of the molecule is CC1(CNCCn2cc(Br)cn2)CCCCO1. The van der Waals surface area contributed by atoms with E-state index in [4.69, 9.17) is 4.74 Å². The summed E-state index contributed by atoms with van der Waals surface area (Å²) in [5.74, 6) is 0. The van der Waals surface area contributed by atoms with E-state index in [-0.39, 0.29) is 5.60 Å². The Balaban J connectivity index is 1.65. The second kappa shape index (κ2) is 5.98. The van der Waals surface area contributed by atoms with Gasteiger partial charge in [0.1, 0.15) is 0 Å². The van der Waals surface area contributed by atoms with Gasteiger partial charge in [0.15, 0.2) is 0 Å². The van der Waals surface area contributed by atoms with Gasteiger partial charge in [0.25, 0.3) is 0 Å². The van der Waals surface area contributed by atoms with Crippen LogP contribution in [0.25, 0.3) is 0 Å². The molecule has 0 aromatic carbocycles. The highest BCUT2D eigenvalue weighted by Gasteiger charge is 2.26. The van der Waals surface area contributed by atoms with Crippen LogP contribution in [-0.2, 0) is 11.3 Å². The van der Waals surface area contributed by atoms with Crippen LogP contribution < -0.4 is 5.32 Å². The molecule has 1 aromatic rings. The van der Waals surface area contributed by atoms with Crippen molar-refractivity contribution in [3.63, 3.8) is 0 Å². The molecule has 1 unspecified atom stereocenters. The summed E-state index contributed by atoms with van der Waals surface area (Å²) < 4.78 is 8.79. The van der Waals surface area contributed by atoms with Crippen LogP contribution in [0.15, 0.2) is 16.9 Å². The maximum absolute atomic E-state index is 5.83. The van der Waals surface area contributed by atoms with E-state index in [1.807, 2.05) is 17.1 Å². The van der Waals surface area contributed by atoms with E-state index < -0.39 is 0 Å². The fourth-order valence-electron chi connectivity index (χ4n) is 2.14. The Bertz CT molecular complexity index is 347. The van der Waals surface area contributed by atoms with Crippen molar-refractivity contribution in [2.45, 2.75) is 38.3 Å². The Morgan fingerprint density at radius 2 is 2.47 bits per heavy atom. The first-order chi connectivity index (χ1) is 8.18. The van der Waals surface area contributed by atoms with Gasteiger partial charge in [-0.15, -0.1) is 0 Å². The molecule has 1 aromatic heterocycles. The minimum atomic E-state index is 0.0307. The zero-order chi connectivity index (χ0) is 12.1. The highest BCUT2D eigenvalue weighted by Crippen LogP contribution is 2.23. The van der Waals surface area contributed by atoms with E-state index >= 15 is 0 Å². The van der Waals surface area contributed by atoms with Gasteiger partial charge in [0.05, 0.1) is 22.8 Å². The zero-order valence-electron chi connectivity index (χ0n) is 10.3. The van der Waals surface area contributed by atoms with Gasteiger partial charge >= 0.3 is 0 Å². The van der Waals surface area contributed by atoms with Crippen LogP contribution in [0.5, 0.6) is 0 Å². The van der Waals surface area contributed by atoms with Crippen LogP contribution in [-0.4, -0.2) is 35.1 Å². The number of nitrogens with one attached hydrogen (secondary N) is 1. The molecule has 96 valence electrons. The van der Waals surface area contributed by atoms with E-state index in [0.717, 1.165) is 37.1 Å². The Morgan fingerprint density at radius 3 is 3.12 bits per heavy atom. The maximum Gasteiger partial charge on any atom is 0.0778 e. The lowest BCUT2D eigenvalue weighted by Gasteiger charge is -2.34. The lowest BCUT2D eigenvalue weighted by atomic mass is 9.96. The largest absolute Gasteiger partial charge is 0.374 e. The van der Waals surface area contributed by atoms with E-state index in [2.05, 4.69) is 33.3 Å². The number of hydrogen-bond donors (Lipinski definition) is 1. The Hall–Kier alpha value is -0.390. The predicted octanol–water partition coefficient (Wildman–Crippen LogP) is 2.19. The highest BCUT2D eigenvalue weighted by atomic mass is 79.9. The molecular formula is C12H20BrN3O. The second-order valence-corrected chi connectivity index (χ2v) is 5.77. The third-order valence-corrected chi connectivity index (χ3v) is 3.58. The number of ether oxygens (including phenoxy) is 1. The Kier molecular flexibility index (Phi) is 4.59. The smallest absolute Gasteiger partial charge is 0.0778 e. The second-order valence-electron chi connectivity index (χ2n) is 4.85. The maximum atomic E-state index is 5.83. The monoisotopic (exact) mass is 301 g/mol. The van der Waals surface area contributed by atoms with Gasteiger partial charge in [-0.3, -0.25) is 4.68 Å². The average molecular weight is 302 g/mol. The minimum Gasteiger partial charge on any atom is -0.374 e.